The van der Waals surface area contributed by atoms with Crippen molar-refractivity contribution in [2.24, 2.45) is 4.99 Å². The minimum Gasteiger partial charge on any atom is -0.496 e. The molecule has 0 saturated heterocycles. The molecule has 0 atom stereocenters. The second kappa shape index (κ2) is 13.0. The molecule has 3 N–H and O–H groups in total. The molecule has 7 nitrogen and oxygen atoms in total. The van der Waals surface area contributed by atoms with Crippen molar-refractivity contribution in [1.29, 1.82) is 0 Å². The van der Waals surface area contributed by atoms with Gasteiger partial charge >= 0.3 is 0 Å². The van der Waals surface area contributed by atoms with Crippen LogP contribution < -0.4 is 20.1 Å². The topological polar surface area (TPSA) is 91.8 Å². The summed E-state index contributed by atoms with van der Waals surface area (Å²) >= 11 is 1.19. The molecular weight excluding hydrogens is 511 g/mol. The summed E-state index contributed by atoms with van der Waals surface area (Å²) in [6, 6.07) is 11.2. The number of nitrogens with one attached hydrogen (secondary N) is 3. The van der Waals surface area contributed by atoms with E-state index in [4.69, 9.17) is 4.74 Å². The SMILES string of the molecule is CCNC(=NCCNS(=O)(=O)c1cccs1)NCCc1ccccc1OC.I. The molecule has 10 heteroatoms. The number of thiophene rings is 1. The molecule has 1 heterocycles. The van der Waals surface area contributed by atoms with E-state index in [1.54, 1.807) is 24.6 Å². The minimum absolute atomic E-state index is 0. The molecule has 0 aliphatic rings. The molecule has 0 aliphatic carbocycles. The average molecular weight is 538 g/mol. The molecule has 1 aromatic heterocycles. The number of guanidine groups is 1. The van der Waals surface area contributed by atoms with Crippen LogP contribution in [-0.4, -0.2) is 47.7 Å². The van der Waals surface area contributed by atoms with E-state index in [-0.39, 0.29) is 30.5 Å². The van der Waals surface area contributed by atoms with Crippen LogP contribution in [-0.2, 0) is 16.4 Å². The summed E-state index contributed by atoms with van der Waals surface area (Å²) in [6.07, 6.45) is 0.791. The third-order valence-electron chi connectivity index (χ3n) is 3.66. The standard InChI is InChI=1S/C18H26N4O3S2.HI/c1-3-19-18(20-11-10-15-7-4-5-8-16(15)25-2)21-12-13-22-27(23,24)17-9-6-14-26-17;/h4-9,14,22H,3,10-13H2,1-2H3,(H2,19,20,21);1H. The number of ether oxygens (including phenoxy) is 1. The van der Waals surface area contributed by atoms with Crippen LogP contribution in [0.2, 0.25) is 0 Å². The predicted octanol–water partition coefficient (Wildman–Crippen LogP) is 2.45. The third kappa shape index (κ3) is 7.94. The quantitative estimate of drug-likeness (QED) is 0.187. The van der Waals surface area contributed by atoms with E-state index in [0.717, 1.165) is 24.3 Å². The summed E-state index contributed by atoms with van der Waals surface area (Å²) in [5.74, 6) is 1.52. The number of hydrogen-bond donors (Lipinski definition) is 3. The summed E-state index contributed by atoms with van der Waals surface area (Å²) in [7, 11) is -1.78. The lowest BCUT2D eigenvalue weighted by Crippen LogP contribution is -2.39. The van der Waals surface area contributed by atoms with Gasteiger partial charge in [0.15, 0.2) is 5.96 Å². The molecule has 0 unspecified atom stereocenters. The van der Waals surface area contributed by atoms with Crippen molar-refractivity contribution >= 4 is 51.3 Å². The zero-order valence-corrected chi connectivity index (χ0v) is 19.9. The maximum Gasteiger partial charge on any atom is 0.250 e. The molecular formula is C18H27IN4O3S2. The molecule has 2 rings (SSSR count). The molecule has 0 radical (unpaired) electrons. The monoisotopic (exact) mass is 538 g/mol. The molecule has 28 heavy (non-hydrogen) atoms. The van der Waals surface area contributed by atoms with E-state index in [1.807, 2.05) is 31.2 Å². The van der Waals surface area contributed by atoms with Gasteiger partial charge in [-0.2, -0.15) is 0 Å². The Hall–Kier alpha value is -1.37. The summed E-state index contributed by atoms with van der Waals surface area (Å²) < 4.78 is 32.3. The van der Waals surface area contributed by atoms with Crippen LogP contribution in [0.15, 0.2) is 51.0 Å². The van der Waals surface area contributed by atoms with Gasteiger partial charge in [0.25, 0.3) is 0 Å². The molecule has 2 aromatic rings. The lowest BCUT2D eigenvalue weighted by atomic mass is 10.1. The van der Waals surface area contributed by atoms with E-state index in [0.29, 0.717) is 23.3 Å². The van der Waals surface area contributed by atoms with Gasteiger partial charge < -0.3 is 15.4 Å². The maximum atomic E-state index is 12.1. The highest BCUT2D eigenvalue weighted by molar-refractivity contribution is 14.0. The number of nitrogens with zero attached hydrogens (tertiary/aromatic N) is 1. The first-order chi connectivity index (χ1) is 13.1. The number of hydrogen-bond acceptors (Lipinski definition) is 5. The zero-order valence-electron chi connectivity index (χ0n) is 16.0. The number of rotatable bonds is 10. The lowest BCUT2D eigenvalue weighted by molar-refractivity contribution is 0.409. The Morgan fingerprint density at radius 2 is 1.93 bits per heavy atom. The highest BCUT2D eigenvalue weighted by Gasteiger charge is 2.13. The Morgan fingerprint density at radius 3 is 2.61 bits per heavy atom. The van der Waals surface area contributed by atoms with Crippen LogP contribution in [0.25, 0.3) is 0 Å². The predicted molar refractivity (Wildman–Crippen MR) is 126 cm³/mol. The molecule has 0 bridgehead atoms. The Labute approximate surface area is 188 Å². The van der Waals surface area contributed by atoms with Gasteiger partial charge in [0.05, 0.1) is 13.7 Å². The summed E-state index contributed by atoms with van der Waals surface area (Å²) in [5.41, 5.74) is 1.12. The molecule has 0 spiro atoms. The van der Waals surface area contributed by atoms with E-state index < -0.39 is 10.0 Å². The van der Waals surface area contributed by atoms with Crippen molar-refractivity contribution in [3.05, 3.63) is 47.3 Å². The van der Waals surface area contributed by atoms with E-state index >= 15 is 0 Å². The molecule has 0 amide bonds. The fraction of sp³-hybridized carbons (Fsp3) is 0.389. The van der Waals surface area contributed by atoms with Crippen molar-refractivity contribution in [3.8, 4) is 5.75 Å². The Kier molecular flexibility index (Phi) is 11.4. The molecule has 156 valence electrons. The smallest absolute Gasteiger partial charge is 0.250 e. The average Bonchev–Trinajstić information content (AvgIpc) is 3.21. The number of para-hydroxylation sites is 1. The number of methoxy groups -OCH3 is 1. The Balaban J connectivity index is 0.00000392. The fourth-order valence-corrected chi connectivity index (χ4v) is 4.46. The summed E-state index contributed by atoms with van der Waals surface area (Å²) in [5, 5.41) is 8.15. The zero-order chi connectivity index (χ0) is 19.5. The van der Waals surface area contributed by atoms with Gasteiger partial charge in [-0.15, -0.1) is 35.3 Å². The number of halogens is 1. The first-order valence-electron chi connectivity index (χ1n) is 8.74. The molecule has 1 aromatic carbocycles. The minimum atomic E-state index is -3.44. The maximum absolute atomic E-state index is 12.1. The van der Waals surface area contributed by atoms with Crippen molar-refractivity contribution in [2.75, 3.05) is 33.3 Å². The van der Waals surface area contributed by atoms with Gasteiger partial charge in [0, 0.05) is 19.6 Å². The second-order valence-electron chi connectivity index (χ2n) is 5.58. The van der Waals surface area contributed by atoms with Crippen molar-refractivity contribution in [1.82, 2.24) is 15.4 Å². The summed E-state index contributed by atoms with van der Waals surface area (Å²) in [4.78, 5) is 4.41. The van der Waals surface area contributed by atoms with E-state index in [9.17, 15) is 8.42 Å². The second-order valence-corrected chi connectivity index (χ2v) is 8.52. The van der Waals surface area contributed by atoms with Crippen LogP contribution >= 0.6 is 35.3 Å². The largest absolute Gasteiger partial charge is 0.496 e. The van der Waals surface area contributed by atoms with Crippen molar-refractivity contribution in [3.63, 3.8) is 0 Å². The van der Waals surface area contributed by atoms with Gasteiger partial charge in [-0.1, -0.05) is 24.3 Å². The highest BCUT2D eigenvalue weighted by Crippen LogP contribution is 2.17. The number of sulfonamides is 1. The summed E-state index contributed by atoms with van der Waals surface area (Å²) in [6.45, 7) is 3.98. The normalized spacial score (nSPS) is 11.6. The van der Waals surface area contributed by atoms with Gasteiger partial charge in [-0.25, -0.2) is 13.1 Å². The molecule has 0 fully saturated rings. The third-order valence-corrected chi connectivity index (χ3v) is 6.52. The van der Waals surface area contributed by atoms with Gasteiger partial charge in [-0.3, -0.25) is 4.99 Å². The Morgan fingerprint density at radius 1 is 1.14 bits per heavy atom. The highest BCUT2D eigenvalue weighted by atomic mass is 127. The van der Waals surface area contributed by atoms with Gasteiger partial charge in [-0.05, 0) is 36.4 Å². The van der Waals surface area contributed by atoms with Crippen LogP contribution in [0.5, 0.6) is 5.75 Å². The lowest BCUT2D eigenvalue weighted by Gasteiger charge is -2.13. The number of benzene rings is 1. The molecule has 0 aliphatic heterocycles. The van der Waals surface area contributed by atoms with Crippen LogP contribution in [0.3, 0.4) is 0 Å². The van der Waals surface area contributed by atoms with E-state index in [2.05, 4.69) is 20.3 Å². The first-order valence-corrected chi connectivity index (χ1v) is 11.1. The number of aliphatic imine (C=N–C) groups is 1. The fourth-order valence-electron chi connectivity index (χ4n) is 2.40. The van der Waals surface area contributed by atoms with Crippen molar-refractivity contribution < 1.29 is 13.2 Å². The van der Waals surface area contributed by atoms with Gasteiger partial charge in [0.1, 0.15) is 9.96 Å². The van der Waals surface area contributed by atoms with Crippen molar-refractivity contribution in [2.45, 2.75) is 17.6 Å². The van der Waals surface area contributed by atoms with E-state index in [1.165, 1.54) is 11.3 Å². The Bertz CT molecular complexity index is 827. The van der Waals surface area contributed by atoms with Crippen LogP contribution in [0.4, 0.5) is 0 Å². The van der Waals surface area contributed by atoms with Gasteiger partial charge in [0.2, 0.25) is 10.0 Å². The first kappa shape index (κ1) is 24.7. The molecule has 0 saturated carbocycles. The van der Waals surface area contributed by atoms with Crippen LogP contribution in [0.1, 0.15) is 12.5 Å². The van der Waals surface area contributed by atoms with Crippen LogP contribution in [0, 0.1) is 0 Å².